The lowest BCUT2D eigenvalue weighted by Crippen LogP contribution is -2.06. The molecule has 0 aliphatic rings. The smallest absolute Gasteiger partial charge is 0.129 e. The number of pyridine rings is 1. The molecule has 2 rings (SSSR count). The molecule has 0 fully saturated rings. The molecule has 2 aromatic rings. The molecule has 1 heterocycles. The van der Waals surface area contributed by atoms with Crippen molar-refractivity contribution in [1.82, 2.24) is 4.98 Å². The predicted molar refractivity (Wildman–Crippen MR) is 68.3 cm³/mol. The molecular formula is C13H15N3O. The van der Waals surface area contributed by atoms with Crippen molar-refractivity contribution >= 4 is 11.5 Å². The number of anilines is 2. The normalized spacial score (nSPS) is 12.4. The van der Waals surface area contributed by atoms with Crippen molar-refractivity contribution in [2.75, 3.05) is 11.5 Å². The first kappa shape index (κ1) is 11.4. The molecule has 0 bridgehead atoms. The summed E-state index contributed by atoms with van der Waals surface area (Å²) in [6.07, 6.45) is 0.871. The largest absolute Gasteiger partial charge is 0.399 e. The zero-order valence-electron chi connectivity index (χ0n) is 9.59. The molecule has 0 saturated carbocycles. The number of aromatic nitrogens is 1. The van der Waals surface area contributed by atoms with Crippen LogP contribution in [-0.2, 0) is 0 Å². The summed E-state index contributed by atoms with van der Waals surface area (Å²) in [5.74, 6) is 0.338. The molecule has 0 aliphatic heterocycles. The number of rotatable bonds is 2. The van der Waals surface area contributed by atoms with E-state index in [1.165, 1.54) is 0 Å². The molecule has 0 amide bonds. The van der Waals surface area contributed by atoms with Crippen molar-refractivity contribution < 1.29 is 5.11 Å². The maximum Gasteiger partial charge on any atom is 0.129 e. The molecule has 1 aromatic carbocycles. The van der Waals surface area contributed by atoms with Crippen LogP contribution in [0, 0.1) is 6.92 Å². The average molecular weight is 229 g/mol. The van der Waals surface area contributed by atoms with Crippen LogP contribution in [0.3, 0.4) is 0 Å². The number of aliphatic hydroxyl groups excluding tert-OH is 1. The zero-order chi connectivity index (χ0) is 12.4. The van der Waals surface area contributed by atoms with Gasteiger partial charge in [0.05, 0.1) is 0 Å². The zero-order valence-corrected chi connectivity index (χ0v) is 9.59. The Morgan fingerprint density at radius 3 is 2.71 bits per heavy atom. The molecule has 5 N–H and O–H groups in total. The van der Waals surface area contributed by atoms with Gasteiger partial charge < -0.3 is 16.6 Å². The molecule has 88 valence electrons. The number of hydrogen-bond donors (Lipinski definition) is 3. The highest BCUT2D eigenvalue weighted by Gasteiger charge is 2.14. The summed E-state index contributed by atoms with van der Waals surface area (Å²) >= 11 is 0. The van der Waals surface area contributed by atoms with E-state index in [0.717, 1.165) is 5.56 Å². The Morgan fingerprint density at radius 1 is 1.24 bits per heavy atom. The van der Waals surface area contributed by atoms with E-state index in [4.69, 9.17) is 11.5 Å². The third kappa shape index (κ3) is 2.37. The summed E-state index contributed by atoms with van der Waals surface area (Å²) in [6.45, 7) is 1.90. The maximum atomic E-state index is 10.2. The second-order valence-electron chi connectivity index (χ2n) is 4.06. The summed E-state index contributed by atoms with van der Waals surface area (Å²) in [4.78, 5) is 4.03. The molecule has 4 nitrogen and oxygen atoms in total. The van der Waals surface area contributed by atoms with Gasteiger partial charge in [-0.15, -0.1) is 0 Å². The van der Waals surface area contributed by atoms with E-state index in [9.17, 15) is 5.11 Å². The van der Waals surface area contributed by atoms with Crippen LogP contribution in [0.4, 0.5) is 11.5 Å². The van der Waals surface area contributed by atoms with Gasteiger partial charge in [-0.2, -0.15) is 0 Å². The van der Waals surface area contributed by atoms with Gasteiger partial charge in [-0.1, -0.05) is 12.1 Å². The van der Waals surface area contributed by atoms with Crippen molar-refractivity contribution in [3.63, 3.8) is 0 Å². The van der Waals surface area contributed by atoms with Crippen LogP contribution in [0.25, 0.3) is 0 Å². The quantitative estimate of drug-likeness (QED) is 0.683. The van der Waals surface area contributed by atoms with Crippen molar-refractivity contribution in [2.45, 2.75) is 13.0 Å². The molecule has 17 heavy (non-hydrogen) atoms. The monoisotopic (exact) mass is 229 g/mol. The van der Waals surface area contributed by atoms with Crippen LogP contribution in [0.2, 0.25) is 0 Å². The number of nitrogens with two attached hydrogens (primary N) is 2. The Labute approximate surface area is 99.9 Å². The fraction of sp³-hybridized carbons (Fsp3) is 0.154. The maximum absolute atomic E-state index is 10.2. The topological polar surface area (TPSA) is 85.2 Å². The van der Waals surface area contributed by atoms with Crippen LogP contribution in [0.1, 0.15) is 22.8 Å². The number of benzene rings is 1. The van der Waals surface area contributed by atoms with Gasteiger partial charge >= 0.3 is 0 Å². The van der Waals surface area contributed by atoms with E-state index in [2.05, 4.69) is 4.98 Å². The van der Waals surface area contributed by atoms with Gasteiger partial charge in [0.1, 0.15) is 11.9 Å². The van der Waals surface area contributed by atoms with Gasteiger partial charge in [-0.3, -0.25) is 0 Å². The molecule has 0 aliphatic carbocycles. The summed E-state index contributed by atoms with van der Waals surface area (Å²) in [5.41, 5.74) is 14.3. The van der Waals surface area contributed by atoms with Gasteiger partial charge in [0, 0.05) is 17.4 Å². The van der Waals surface area contributed by atoms with E-state index >= 15 is 0 Å². The lowest BCUT2D eigenvalue weighted by molar-refractivity contribution is 0.220. The standard InChI is InChI=1S/C13H15N3O/c1-8-5-11(13(15)16-7-8)12(17)9-3-2-4-10(14)6-9/h2-7,12,17H,14H2,1H3,(H2,15,16). The second-order valence-corrected chi connectivity index (χ2v) is 4.06. The van der Waals surface area contributed by atoms with Crippen LogP contribution in [-0.4, -0.2) is 10.1 Å². The van der Waals surface area contributed by atoms with E-state index < -0.39 is 6.10 Å². The third-order valence-electron chi connectivity index (χ3n) is 2.61. The Balaban J connectivity index is 2.43. The highest BCUT2D eigenvalue weighted by Crippen LogP contribution is 2.26. The number of hydrogen-bond acceptors (Lipinski definition) is 4. The fourth-order valence-electron chi connectivity index (χ4n) is 1.73. The number of aryl methyl sites for hydroxylation is 1. The Morgan fingerprint density at radius 2 is 2.00 bits per heavy atom. The minimum Gasteiger partial charge on any atom is -0.399 e. The van der Waals surface area contributed by atoms with Crippen molar-refractivity contribution in [3.8, 4) is 0 Å². The van der Waals surface area contributed by atoms with E-state index in [1.807, 2.05) is 19.1 Å². The number of nitrogen functional groups attached to an aromatic ring is 2. The van der Waals surface area contributed by atoms with Gasteiger partial charge in [0.2, 0.25) is 0 Å². The molecule has 1 aromatic heterocycles. The van der Waals surface area contributed by atoms with E-state index in [1.54, 1.807) is 24.4 Å². The number of nitrogens with zero attached hydrogens (tertiary/aromatic N) is 1. The van der Waals surface area contributed by atoms with Crippen LogP contribution in [0.15, 0.2) is 36.5 Å². The minimum atomic E-state index is -0.800. The Kier molecular flexibility index (Phi) is 2.97. The molecule has 0 saturated heterocycles. The average Bonchev–Trinajstić information content (AvgIpc) is 2.31. The SMILES string of the molecule is Cc1cnc(N)c(C(O)c2cccc(N)c2)c1. The third-order valence-corrected chi connectivity index (χ3v) is 2.61. The first-order valence-corrected chi connectivity index (χ1v) is 5.33. The van der Waals surface area contributed by atoms with Gasteiger partial charge in [-0.05, 0) is 36.2 Å². The van der Waals surface area contributed by atoms with E-state index in [-0.39, 0.29) is 0 Å². The molecule has 0 spiro atoms. The molecule has 1 atom stereocenters. The molecular weight excluding hydrogens is 214 g/mol. The van der Waals surface area contributed by atoms with Crippen molar-refractivity contribution in [2.24, 2.45) is 0 Å². The second kappa shape index (κ2) is 4.43. The first-order valence-electron chi connectivity index (χ1n) is 5.33. The van der Waals surface area contributed by atoms with Gasteiger partial charge in [0.15, 0.2) is 0 Å². The lowest BCUT2D eigenvalue weighted by Gasteiger charge is -2.14. The van der Waals surface area contributed by atoms with Crippen molar-refractivity contribution in [1.29, 1.82) is 0 Å². The summed E-state index contributed by atoms with van der Waals surface area (Å²) in [6, 6.07) is 8.94. The highest BCUT2D eigenvalue weighted by molar-refractivity contribution is 5.49. The first-order chi connectivity index (χ1) is 8.08. The Bertz CT molecular complexity index is 540. The highest BCUT2D eigenvalue weighted by atomic mass is 16.3. The number of aliphatic hydroxyl groups is 1. The van der Waals surface area contributed by atoms with Crippen LogP contribution >= 0.6 is 0 Å². The lowest BCUT2D eigenvalue weighted by atomic mass is 10.0. The Hall–Kier alpha value is -2.07. The van der Waals surface area contributed by atoms with Gasteiger partial charge in [-0.25, -0.2) is 4.98 Å². The molecule has 1 unspecified atom stereocenters. The summed E-state index contributed by atoms with van der Waals surface area (Å²) in [7, 11) is 0. The van der Waals surface area contributed by atoms with E-state index in [0.29, 0.717) is 22.6 Å². The minimum absolute atomic E-state index is 0.338. The molecule has 0 radical (unpaired) electrons. The van der Waals surface area contributed by atoms with Crippen LogP contribution < -0.4 is 11.5 Å². The fourth-order valence-corrected chi connectivity index (χ4v) is 1.73. The summed E-state index contributed by atoms with van der Waals surface area (Å²) < 4.78 is 0. The van der Waals surface area contributed by atoms with Crippen LogP contribution in [0.5, 0.6) is 0 Å². The summed E-state index contributed by atoms with van der Waals surface area (Å²) in [5, 5.41) is 10.2. The van der Waals surface area contributed by atoms with Gasteiger partial charge in [0.25, 0.3) is 0 Å². The molecule has 4 heteroatoms. The van der Waals surface area contributed by atoms with Crippen molar-refractivity contribution in [3.05, 3.63) is 53.2 Å². The predicted octanol–water partition coefficient (Wildman–Crippen LogP) is 1.64.